The molecule has 1 saturated heterocycles. The molecule has 5 heteroatoms. The van der Waals surface area contributed by atoms with Crippen molar-refractivity contribution in [3.8, 4) is 0 Å². The van der Waals surface area contributed by atoms with Crippen molar-refractivity contribution in [3.05, 3.63) is 63.7 Å². The van der Waals surface area contributed by atoms with Crippen LogP contribution in [0.1, 0.15) is 5.56 Å². The highest BCUT2D eigenvalue weighted by atomic mass is 127. The smallest absolute Gasteiger partial charge is 0.238 e. The van der Waals surface area contributed by atoms with Crippen molar-refractivity contribution < 1.29 is 4.79 Å². The van der Waals surface area contributed by atoms with E-state index in [1.807, 2.05) is 30.3 Å². The van der Waals surface area contributed by atoms with Crippen LogP contribution in [-0.4, -0.2) is 48.4 Å². The molecule has 2 aromatic rings. The standard InChI is InChI=1S/C19H22IN3O/c20-17-6-8-18(9-7-17)21-19(24)15-23-12-10-22(11-13-23)14-16-4-2-1-3-5-16/h1-9H,10-15H2,(H,21,24). The molecule has 1 amide bonds. The van der Waals surface area contributed by atoms with E-state index >= 15 is 0 Å². The van der Waals surface area contributed by atoms with Crippen molar-refractivity contribution in [1.29, 1.82) is 0 Å². The number of rotatable bonds is 5. The molecule has 1 aliphatic heterocycles. The zero-order valence-corrected chi connectivity index (χ0v) is 15.8. The van der Waals surface area contributed by atoms with Crippen LogP contribution in [0.15, 0.2) is 54.6 Å². The van der Waals surface area contributed by atoms with Gasteiger partial charge < -0.3 is 5.32 Å². The van der Waals surface area contributed by atoms with E-state index in [9.17, 15) is 4.79 Å². The Labute approximate surface area is 157 Å². The second-order valence-electron chi connectivity index (χ2n) is 6.09. The van der Waals surface area contributed by atoms with Crippen LogP contribution in [0, 0.1) is 3.57 Å². The minimum absolute atomic E-state index is 0.0627. The van der Waals surface area contributed by atoms with Gasteiger partial charge in [-0.05, 0) is 52.4 Å². The lowest BCUT2D eigenvalue weighted by Crippen LogP contribution is -2.48. The summed E-state index contributed by atoms with van der Waals surface area (Å²) in [5.74, 6) is 0.0627. The summed E-state index contributed by atoms with van der Waals surface area (Å²) in [6.07, 6.45) is 0. The Balaban J connectivity index is 1.41. The van der Waals surface area contributed by atoms with Gasteiger partial charge in [0.2, 0.25) is 5.91 Å². The van der Waals surface area contributed by atoms with Gasteiger partial charge in [0.25, 0.3) is 0 Å². The number of nitrogens with zero attached hydrogens (tertiary/aromatic N) is 2. The molecule has 0 spiro atoms. The van der Waals surface area contributed by atoms with Gasteiger partial charge in [0, 0.05) is 42.0 Å². The third kappa shape index (κ3) is 5.29. The Bertz CT molecular complexity index is 652. The highest BCUT2D eigenvalue weighted by Crippen LogP contribution is 2.12. The van der Waals surface area contributed by atoms with E-state index in [2.05, 4.69) is 62.0 Å². The summed E-state index contributed by atoms with van der Waals surface area (Å²) in [6, 6.07) is 18.4. The molecule has 3 rings (SSSR count). The molecule has 1 heterocycles. The first-order valence-corrected chi connectivity index (χ1v) is 9.31. The number of nitrogens with one attached hydrogen (secondary N) is 1. The maximum Gasteiger partial charge on any atom is 0.238 e. The van der Waals surface area contributed by atoms with Crippen LogP contribution in [0.25, 0.3) is 0 Å². The van der Waals surface area contributed by atoms with E-state index in [-0.39, 0.29) is 5.91 Å². The van der Waals surface area contributed by atoms with Crippen molar-refractivity contribution in [2.45, 2.75) is 6.54 Å². The number of carbonyl (C=O) groups excluding carboxylic acids is 1. The molecule has 1 N–H and O–H groups in total. The second kappa shape index (κ2) is 8.60. The quantitative estimate of drug-likeness (QED) is 0.734. The number of hydrogen-bond acceptors (Lipinski definition) is 3. The molecule has 4 nitrogen and oxygen atoms in total. The van der Waals surface area contributed by atoms with Gasteiger partial charge in [-0.25, -0.2) is 0 Å². The van der Waals surface area contributed by atoms with Crippen LogP contribution in [0.2, 0.25) is 0 Å². The van der Waals surface area contributed by atoms with Crippen LogP contribution < -0.4 is 5.32 Å². The lowest BCUT2D eigenvalue weighted by molar-refractivity contribution is -0.117. The summed E-state index contributed by atoms with van der Waals surface area (Å²) < 4.78 is 1.17. The maximum atomic E-state index is 12.2. The molecule has 0 unspecified atom stereocenters. The number of hydrogen-bond donors (Lipinski definition) is 1. The summed E-state index contributed by atoms with van der Waals surface area (Å²) >= 11 is 2.26. The number of carbonyl (C=O) groups is 1. The SMILES string of the molecule is O=C(CN1CCN(Cc2ccccc2)CC1)Nc1ccc(I)cc1. The number of piperazine rings is 1. The van der Waals surface area contributed by atoms with Crippen molar-refractivity contribution in [1.82, 2.24) is 9.80 Å². The van der Waals surface area contributed by atoms with Crippen molar-refractivity contribution in [3.63, 3.8) is 0 Å². The van der Waals surface area contributed by atoms with Crippen LogP contribution >= 0.6 is 22.6 Å². The highest BCUT2D eigenvalue weighted by molar-refractivity contribution is 14.1. The number of anilines is 1. The first-order valence-electron chi connectivity index (χ1n) is 8.23. The second-order valence-corrected chi connectivity index (χ2v) is 7.34. The molecule has 0 atom stereocenters. The van der Waals surface area contributed by atoms with Crippen LogP contribution in [0.5, 0.6) is 0 Å². The number of halogens is 1. The maximum absolute atomic E-state index is 12.2. The van der Waals surface area contributed by atoms with Crippen LogP contribution in [-0.2, 0) is 11.3 Å². The number of benzene rings is 2. The topological polar surface area (TPSA) is 35.6 Å². The number of amides is 1. The molecule has 1 fully saturated rings. The van der Waals surface area contributed by atoms with Gasteiger partial charge >= 0.3 is 0 Å². The van der Waals surface area contributed by atoms with Gasteiger partial charge in [0.15, 0.2) is 0 Å². The van der Waals surface area contributed by atoms with Crippen molar-refractivity contribution >= 4 is 34.2 Å². The Kier molecular flexibility index (Phi) is 6.23. The van der Waals surface area contributed by atoms with Gasteiger partial charge in [0.05, 0.1) is 6.54 Å². The summed E-state index contributed by atoms with van der Waals surface area (Å²) in [5.41, 5.74) is 2.21. The highest BCUT2D eigenvalue weighted by Gasteiger charge is 2.19. The first kappa shape index (κ1) is 17.4. The van der Waals surface area contributed by atoms with Gasteiger partial charge in [-0.15, -0.1) is 0 Å². The summed E-state index contributed by atoms with van der Waals surface area (Å²) in [6.45, 7) is 5.34. The molecule has 126 valence electrons. The molecule has 2 aromatic carbocycles. The average Bonchev–Trinajstić information content (AvgIpc) is 2.60. The van der Waals surface area contributed by atoms with E-state index in [1.165, 1.54) is 9.13 Å². The molecule has 0 aliphatic carbocycles. The minimum Gasteiger partial charge on any atom is -0.325 e. The third-order valence-corrected chi connectivity index (χ3v) is 4.93. The molecule has 1 aliphatic rings. The lowest BCUT2D eigenvalue weighted by Gasteiger charge is -2.34. The molecular weight excluding hydrogens is 413 g/mol. The first-order chi connectivity index (χ1) is 11.7. The lowest BCUT2D eigenvalue weighted by atomic mass is 10.2. The van der Waals surface area contributed by atoms with Gasteiger partial charge in [0.1, 0.15) is 0 Å². The van der Waals surface area contributed by atoms with E-state index in [1.54, 1.807) is 0 Å². The minimum atomic E-state index is 0.0627. The third-order valence-electron chi connectivity index (χ3n) is 4.21. The summed E-state index contributed by atoms with van der Waals surface area (Å²) in [7, 11) is 0. The zero-order valence-electron chi connectivity index (χ0n) is 13.6. The fourth-order valence-electron chi connectivity index (χ4n) is 2.88. The summed E-state index contributed by atoms with van der Waals surface area (Å²) in [4.78, 5) is 16.8. The van der Waals surface area contributed by atoms with E-state index in [4.69, 9.17) is 0 Å². The predicted molar refractivity (Wildman–Crippen MR) is 106 cm³/mol. The Hall–Kier alpha value is -1.44. The van der Waals surface area contributed by atoms with Gasteiger partial charge in [-0.2, -0.15) is 0 Å². The molecule has 0 bridgehead atoms. The fraction of sp³-hybridized carbons (Fsp3) is 0.316. The van der Waals surface area contributed by atoms with Crippen molar-refractivity contribution in [2.24, 2.45) is 0 Å². The van der Waals surface area contributed by atoms with Crippen LogP contribution in [0.4, 0.5) is 5.69 Å². The fourth-order valence-corrected chi connectivity index (χ4v) is 3.24. The largest absolute Gasteiger partial charge is 0.325 e. The molecule has 24 heavy (non-hydrogen) atoms. The Morgan fingerprint density at radius 3 is 2.21 bits per heavy atom. The van der Waals surface area contributed by atoms with E-state index in [0.29, 0.717) is 6.54 Å². The molecule has 0 saturated carbocycles. The Morgan fingerprint density at radius 2 is 1.54 bits per heavy atom. The van der Waals surface area contributed by atoms with E-state index in [0.717, 1.165) is 38.4 Å². The van der Waals surface area contributed by atoms with Gasteiger partial charge in [-0.3, -0.25) is 14.6 Å². The molecule has 0 radical (unpaired) electrons. The average molecular weight is 435 g/mol. The van der Waals surface area contributed by atoms with Crippen LogP contribution in [0.3, 0.4) is 0 Å². The molecular formula is C19H22IN3O. The summed E-state index contributed by atoms with van der Waals surface area (Å²) in [5, 5.41) is 2.97. The monoisotopic (exact) mass is 435 g/mol. The zero-order chi connectivity index (χ0) is 16.8. The normalized spacial score (nSPS) is 16.0. The van der Waals surface area contributed by atoms with Crippen molar-refractivity contribution in [2.75, 3.05) is 38.0 Å². The van der Waals surface area contributed by atoms with E-state index < -0.39 is 0 Å². The molecule has 0 aromatic heterocycles. The Morgan fingerprint density at radius 1 is 0.917 bits per heavy atom. The van der Waals surface area contributed by atoms with Gasteiger partial charge in [-0.1, -0.05) is 30.3 Å². The predicted octanol–water partition coefficient (Wildman–Crippen LogP) is 3.05.